The molecule has 0 aliphatic heterocycles. The van der Waals surface area contributed by atoms with Gasteiger partial charge < -0.3 is 14.6 Å². The molecule has 0 saturated carbocycles. The molecule has 0 aliphatic carbocycles. The molecule has 1 aromatic carbocycles. The van der Waals surface area contributed by atoms with Gasteiger partial charge in [-0.3, -0.25) is 0 Å². The van der Waals surface area contributed by atoms with Gasteiger partial charge in [-0.15, -0.1) is 0 Å². The first-order chi connectivity index (χ1) is 8.86. The van der Waals surface area contributed by atoms with Crippen LogP contribution in [0.3, 0.4) is 0 Å². The molecule has 0 fully saturated rings. The Bertz CT molecular complexity index is 490. The van der Waals surface area contributed by atoms with Gasteiger partial charge in [-0.1, -0.05) is 25.1 Å². The minimum Gasteiger partial charge on any atom is -0.383 e. The van der Waals surface area contributed by atoms with E-state index in [4.69, 9.17) is 4.74 Å². The number of fused-ring (bicyclic) bond motifs is 1. The Morgan fingerprint density at radius 1 is 1.28 bits per heavy atom. The van der Waals surface area contributed by atoms with Gasteiger partial charge in [0.2, 0.25) is 0 Å². The standard InChI is InChI=1S/C15H22N2O/c1-3-9-17-10-7-13-5-4-6-14(15(13)17)12-16-8-11-18-2/h4-7,10,16H,3,8-9,11-12H2,1-2H3. The highest BCUT2D eigenvalue weighted by molar-refractivity contribution is 5.83. The normalized spacial score (nSPS) is 11.2. The predicted octanol–water partition coefficient (Wildman–Crippen LogP) is 2.79. The lowest BCUT2D eigenvalue weighted by molar-refractivity contribution is 0.199. The van der Waals surface area contributed by atoms with E-state index >= 15 is 0 Å². The molecule has 0 saturated heterocycles. The van der Waals surface area contributed by atoms with Crippen molar-refractivity contribution < 1.29 is 4.74 Å². The third kappa shape index (κ3) is 2.92. The van der Waals surface area contributed by atoms with Gasteiger partial charge in [0.25, 0.3) is 0 Å². The molecule has 0 atom stereocenters. The second-order valence-electron chi connectivity index (χ2n) is 4.53. The molecule has 1 heterocycles. The molecule has 0 unspecified atom stereocenters. The van der Waals surface area contributed by atoms with Crippen LogP contribution in [0.5, 0.6) is 0 Å². The summed E-state index contributed by atoms with van der Waals surface area (Å²) >= 11 is 0. The van der Waals surface area contributed by atoms with Crippen molar-refractivity contribution in [3.05, 3.63) is 36.0 Å². The Hall–Kier alpha value is -1.32. The second kappa shape index (κ2) is 6.57. The van der Waals surface area contributed by atoms with Gasteiger partial charge in [0, 0.05) is 32.9 Å². The molecule has 98 valence electrons. The molecule has 0 aliphatic rings. The fraction of sp³-hybridized carbons (Fsp3) is 0.467. The third-order valence-corrected chi connectivity index (χ3v) is 3.13. The molecule has 2 rings (SSSR count). The average molecular weight is 246 g/mol. The Balaban J connectivity index is 2.17. The summed E-state index contributed by atoms with van der Waals surface area (Å²) in [5.74, 6) is 0. The highest BCUT2D eigenvalue weighted by Crippen LogP contribution is 2.20. The van der Waals surface area contributed by atoms with Crippen molar-refractivity contribution in [1.29, 1.82) is 0 Å². The summed E-state index contributed by atoms with van der Waals surface area (Å²) in [6.07, 6.45) is 3.35. The number of benzene rings is 1. The van der Waals surface area contributed by atoms with Gasteiger partial charge >= 0.3 is 0 Å². The smallest absolute Gasteiger partial charge is 0.0587 e. The van der Waals surface area contributed by atoms with Crippen LogP contribution >= 0.6 is 0 Å². The maximum absolute atomic E-state index is 5.05. The van der Waals surface area contributed by atoms with E-state index in [-0.39, 0.29) is 0 Å². The molecule has 0 bridgehead atoms. The zero-order valence-electron chi connectivity index (χ0n) is 11.3. The number of hydrogen-bond donors (Lipinski definition) is 1. The Labute approximate surface area is 109 Å². The van der Waals surface area contributed by atoms with Crippen LogP contribution in [0.25, 0.3) is 10.9 Å². The lowest BCUT2D eigenvalue weighted by Crippen LogP contribution is -2.19. The number of nitrogens with one attached hydrogen (secondary N) is 1. The molecule has 1 aromatic heterocycles. The molecule has 18 heavy (non-hydrogen) atoms. The van der Waals surface area contributed by atoms with Crippen LogP contribution in [0.1, 0.15) is 18.9 Å². The van der Waals surface area contributed by atoms with E-state index in [2.05, 4.69) is 47.3 Å². The highest BCUT2D eigenvalue weighted by atomic mass is 16.5. The van der Waals surface area contributed by atoms with Crippen molar-refractivity contribution in [2.24, 2.45) is 0 Å². The summed E-state index contributed by atoms with van der Waals surface area (Å²) < 4.78 is 7.40. The number of rotatable bonds is 7. The first-order valence-electron chi connectivity index (χ1n) is 6.63. The van der Waals surface area contributed by atoms with Crippen LogP contribution in [0.2, 0.25) is 0 Å². The van der Waals surface area contributed by atoms with Crippen molar-refractivity contribution in [3.63, 3.8) is 0 Å². The topological polar surface area (TPSA) is 26.2 Å². The average Bonchev–Trinajstić information content (AvgIpc) is 2.79. The Morgan fingerprint density at radius 2 is 2.17 bits per heavy atom. The van der Waals surface area contributed by atoms with Crippen molar-refractivity contribution in [2.45, 2.75) is 26.4 Å². The Morgan fingerprint density at radius 3 is 2.94 bits per heavy atom. The molecule has 1 N–H and O–H groups in total. The van der Waals surface area contributed by atoms with Crippen molar-refractivity contribution >= 4 is 10.9 Å². The number of methoxy groups -OCH3 is 1. The maximum atomic E-state index is 5.05. The van der Waals surface area contributed by atoms with E-state index in [1.165, 1.54) is 16.5 Å². The number of aromatic nitrogens is 1. The summed E-state index contributed by atoms with van der Waals surface area (Å²) in [5, 5.41) is 4.74. The fourth-order valence-electron chi connectivity index (χ4n) is 2.31. The largest absolute Gasteiger partial charge is 0.383 e. The van der Waals surface area contributed by atoms with Crippen LogP contribution in [0, 0.1) is 0 Å². The van der Waals surface area contributed by atoms with E-state index in [0.717, 1.165) is 32.7 Å². The van der Waals surface area contributed by atoms with Gasteiger partial charge in [0.15, 0.2) is 0 Å². The van der Waals surface area contributed by atoms with Crippen molar-refractivity contribution in [1.82, 2.24) is 9.88 Å². The van der Waals surface area contributed by atoms with Crippen LogP contribution in [0.15, 0.2) is 30.5 Å². The lowest BCUT2D eigenvalue weighted by atomic mass is 10.1. The molecule has 3 heteroatoms. The van der Waals surface area contributed by atoms with Gasteiger partial charge in [0.05, 0.1) is 12.1 Å². The van der Waals surface area contributed by atoms with E-state index in [9.17, 15) is 0 Å². The van der Waals surface area contributed by atoms with Crippen LogP contribution in [-0.4, -0.2) is 24.8 Å². The van der Waals surface area contributed by atoms with Gasteiger partial charge in [-0.25, -0.2) is 0 Å². The lowest BCUT2D eigenvalue weighted by Gasteiger charge is -2.10. The van der Waals surface area contributed by atoms with Gasteiger partial charge in [-0.05, 0) is 23.4 Å². The minimum absolute atomic E-state index is 0.756. The first kappa shape index (κ1) is 13.1. The van der Waals surface area contributed by atoms with E-state index < -0.39 is 0 Å². The monoisotopic (exact) mass is 246 g/mol. The number of nitrogens with zero attached hydrogens (tertiary/aromatic N) is 1. The first-order valence-corrected chi connectivity index (χ1v) is 6.63. The number of hydrogen-bond acceptors (Lipinski definition) is 2. The number of aryl methyl sites for hydroxylation is 1. The number of para-hydroxylation sites is 1. The van der Waals surface area contributed by atoms with Crippen LogP contribution in [0.4, 0.5) is 0 Å². The third-order valence-electron chi connectivity index (χ3n) is 3.13. The molecule has 2 aromatic rings. The van der Waals surface area contributed by atoms with Crippen molar-refractivity contribution in [2.75, 3.05) is 20.3 Å². The van der Waals surface area contributed by atoms with E-state index in [1.807, 2.05) is 0 Å². The quantitative estimate of drug-likeness (QED) is 0.760. The van der Waals surface area contributed by atoms with Gasteiger partial charge in [-0.2, -0.15) is 0 Å². The van der Waals surface area contributed by atoms with Crippen LogP contribution < -0.4 is 5.32 Å². The summed E-state index contributed by atoms with van der Waals surface area (Å²) in [7, 11) is 1.73. The second-order valence-corrected chi connectivity index (χ2v) is 4.53. The zero-order chi connectivity index (χ0) is 12.8. The molecular weight excluding hydrogens is 224 g/mol. The molecular formula is C15H22N2O. The predicted molar refractivity (Wildman–Crippen MR) is 75.8 cm³/mol. The summed E-state index contributed by atoms with van der Waals surface area (Å²) in [5.41, 5.74) is 2.73. The molecule has 0 spiro atoms. The summed E-state index contributed by atoms with van der Waals surface area (Å²) in [6.45, 7) is 5.84. The molecule has 0 amide bonds. The minimum atomic E-state index is 0.756. The zero-order valence-corrected chi connectivity index (χ0v) is 11.3. The molecule has 3 nitrogen and oxygen atoms in total. The van der Waals surface area contributed by atoms with Crippen LogP contribution in [-0.2, 0) is 17.8 Å². The van der Waals surface area contributed by atoms with Crippen molar-refractivity contribution in [3.8, 4) is 0 Å². The maximum Gasteiger partial charge on any atom is 0.0587 e. The van der Waals surface area contributed by atoms with E-state index in [0.29, 0.717) is 0 Å². The summed E-state index contributed by atoms with van der Waals surface area (Å²) in [6, 6.07) is 8.71. The Kier molecular flexibility index (Phi) is 4.79. The fourth-order valence-corrected chi connectivity index (χ4v) is 2.31. The summed E-state index contributed by atoms with van der Waals surface area (Å²) in [4.78, 5) is 0. The molecule has 0 radical (unpaired) electrons. The highest BCUT2D eigenvalue weighted by Gasteiger charge is 2.05. The number of ether oxygens (including phenoxy) is 1. The van der Waals surface area contributed by atoms with E-state index in [1.54, 1.807) is 7.11 Å². The SMILES string of the molecule is CCCn1ccc2cccc(CNCCOC)c21. The van der Waals surface area contributed by atoms with Gasteiger partial charge in [0.1, 0.15) is 0 Å².